The summed E-state index contributed by atoms with van der Waals surface area (Å²) in [4.78, 5) is 4.46. The monoisotopic (exact) mass is 253 g/mol. The summed E-state index contributed by atoms with van der Waals surface area (Å²) in [6.45, 7) is 0.433. The van der Waals surface area contributed by atoms with E-state index >= 15 is 0 Å². The van der Waals surface area contributed by atoms with E-state index in [-0.39, 0.29) is 6.61 Å². The normalized spacial score (nSPS) is 15.4. The molecule has 1 aliphatic carbocycles. The second kappa shape index (κ2) is 4.16. The molecule has 1 fully saturated rings. The van der Waals surface area contributed by atoms with Crippen LogP contribution >= 0.6 is 11.6 Å². The fourth-order valence-electron chi connectivity index (χ4n) is 1.74. The van der Waals surface area contributed by atoms with E-state index in [2.05, 4.69) is 10.1 Å². The Bertz CT molecular complexity index is 531. The first-order valence-electron chi connectivity index (χ1n) is 5.59. The molecule has 6 heteroatoms. The lowest BCUT2D eigenvalue weighted by Gasteiger charge is -1.99. The van der Waals surface area contributed by atoms with Gasteiger partial charge in [-0.3, -0.25) is 0 Å². The molecule has 5 nitrogen and oxygen atoms in total. The van der Waals surface area contributed by atoms with Crippen LogP contribution in [0.1, 0.15) is 24.6 Å². The van der Waals surface area contributed by atoms with Crippen molar-refractivity contribution in [2.75, 3.05) is 6.61 Å². The summed E-state index contributed by atoms with van der Waals surface area (Å²) in [6.07, 6.45) is 2.28. The molecule has 0 saturated heterocycles. The number of halogens is 1. The predicted molar refractivity (Wildman–Crippen MR) is 61.8 cm³/mol. The third-order valence-corrected chi connectivity index (χ3v) is 2.94. The van der Waals surface area contributed by atoms with Crippen molar-refractivity contribution < 1.29 is 9.52 Å². The standard InChI is InChI=1S/C11H12ClN3O2/c12-9-4-3-8(17-9)11-13-10(7-1-2-7)14-15(11)5-6-16/h3-4,7,16H,1-2,5-6H2. The second-order valence-corrected chi connectivity index (χ2v) is 4.49. The molecule has 0 unspecified atom stereocenters. The minimum Gasteiger partial charge on any atom is -0.441 e. The highest BCUT2D eigenvalue weighted by atomic mass is 35.5. The van der Waals surface area contributed by atoms with E-state index in [1.807, 2.05) is 0 Å². The molecule has 17 heavy (non-hydrogen) atoms. The van der Waals surface area contributed by atoms with Gasteiger partial charge in [0.05, 0.1) is 13.2 Å². The van der Waals surface area contributed by atoms with Gasteiger partial charge in [-0.05, 0) is 36.6 Å². The van der Waals surface area contributed by atoms with E-state index in [0.717, 1.165) is 18.7 Å². The van der Waals surface area contributed by atoms with Gasteiger partial charge < -0.3 is 9.52 Å². The summed E-state index contributed by atoms with van der Waals surface area (Å²) < 4.78 is 7.00. The lowest BCUT2D eigenvalue weighted by atomic mass is 10.4. The van der Waals surface area contributed by atoms with Gasteiger partial charge in [0.15, 0.2) is 22.6 Å². The third-order valence-electron chi connectivity index (χ3n) is 2.74. The lowest BCUT2D eigenvalue weighted by molar-refractivity contribution is 0.269. The average molecular weight is 254 g/mol. The van der Waals surface area contributed by atoms with E-state index in [1.165, 1.54) is 0 Å². The Kier molecular flexibility index (Phi) is 2.64. The van der Waals surface area contributed by atoms with Gasteiger partial charge in [0.2, 0.25) is 0 Å². The van der Waals surface area contributed by atoms with Gasteiger partial charge in [-0.1, -0.05) is 0 Å². The molecule has 1 N–H and O–H groups in total. The van der Waals surface area contributed by atoms with Gasteiger partial charge in [-0.2, -0.15) is 5.10 Å². The zero-order valence-electron chi connectivity index (χ0n) is 9.14. The molecule has 3 rings (SSSR count). The first-order chi connectivity index (χ1) is 8.28. The lowest BCUT2D eigenvalue weighted by Crippen LogP contribution is -2.05. The van der Waals surface area contributed by atoms with E-state index in [9.17, 15) is 0 Å². The summed E-state index contributed by atoms with van der Waals surface area (Å²) in [5.74, 6) is 2.52. The summed E-state index contributed by atoms with van der Waals surface area (Å²) in [5, 5.41) is 13.7. The number of aliphatic hydroxyl groups is 1. The number of rotatable bonds is 4. The van der Waals surface area contributed by atoms with Gasteiger partial charge in [0, 0.05) is 5.92 Å². The van der Waals surface area contributed by atoms with Crippen LogP contribution in [0, 0.1) is 0 Å². The van der Waals surface area contributed by atoms with E-state index in [1.54, 1.807) is 16.8 Å². The SMILES string of the molecule is OCCn1nc(C2CC2)nc1-c1ccc(Cl)o1. The molecule has 1 saturated carbocycles. The van der Waals surface area contributed by atoms with Gasteiger partial charge in [0.25, 0.3) is 0 Å². The van der Waals surface area contributed by atoms with Crippen molar-refractivity contribution in [1.29, 1.82) is 0 Å². The smallest absolute Gasteiger partial charge is 0.194 e. The number of aliphatic hydroxyl groups excluding tert-OH is 1. The zero-order chi connectivity index (χ0) is 11.8. The molecule has 0 radical (unpaired) electrons. The first kappa shape index (κ1) is 10.8. The predicted octanol–water partition coefficient (Wildman–Crippen LogP) is 2.06. The Balaban J connectivity index is 2.00. The van der Waals surface area contributed by atoms with Crippen LogP contribution in [-0.4, -0.2) is 26.5 Å². The molecule has 0 spiro atoms. The van der Waals surface area contributed by atoms with Crippen molar-refractivity contribution in [2.45, 2.75) is 25.3 Å². The number of furan rings is 1. The quantitative estimate of drug-likeness (QED) is 0.906. The molecule has 2 aromatic heterocycles. The largest absolute Gasteiger partial charge is 0.441 e. The van der Waals surface area contributed by atoms with Crippen molar-refractivity contribution in [3.8, 4) is 11.6 Å². The number of nitrogens with zero attached hydrogens (tertiary/aromatic N) is 3. The fourth-order valence-corrected chi connectivity index (χ4v) is 1.89. The van der Waals surface area contributed by atoms with Gasteiger partial charge in [-0.25, -0.2) is 9.67 Å². The number of aromatic nitrogens is 3. The Hall–Kier alpha value is -1.33. The Morgan fingerprint density at radius 2 is 2.29 bits per heavy atom. The fraction of sp³-hybridized carbons (Fsp3) is 0.455. The van der Waals surface area contributed by atoms with Crippen LogP contribution in [0.2, 0.25) is 5.22 Å². The summed E-state index contributed by atoms with van der Waals surface area (Å²) in [5.41, 5.74) is 0. The van der Waals surface area contributed by atoms with Crippen molar-refractivity contribution in [1.82, 2.24) is 14.8 Å². The average Bonchev–Trinajstić information content (AvgIpc) is 2.94. The molecule has 90 valence electrons. The zero-order valence-corrected chi connectivity index (χ0v) is 9.89. The molecule has 2 aromatic rings. The van der Waals surface area contributed by atoms with Crippen molar-refractivity contribution in [3.05, 3.63) is 23.2 Å². The maximum absolute atomic E-state index is 9.01. The molecule has 0 bridgehead atoms. The molecule has 2 heterocycles. The number of hydrogen-bond acceptors (Lipinski definition) is 4. The van der Waals surface area contributed by atoms with Crippen molar-refractivity contribution >= 4 is 11.6 Å². The Morgan fingerprint density at radius 1 is 1.47 bits per heavy atom. The van der Waals surface area contributed by atoms with E-state index < -0.39 is 0 Å². The highest BCUT2D eigenvalue weighted by Crippen LogP contribution is 2.39. The van der Waals surface area contributed by atoms with Crippen LogP contribution in [0.3, 0.4) is 0 Å². The molecule has 1 aliphatic rings. The van der Waals surface area contributed by atoms with Crippen LogP contribution in [0.15, 0.2) is 16.5 Å². The number of hydrogen-bond donors (Lipinski definition) is 1. The summed E-state index contributed by atoms with van der Waals surface area (Å²) in [7, 11) is 0. The Morgan fingerprint density at radius 3 is 2.88 bits per heavy atom. The van der Waals surface area contributed by atoms with Crippen molar-refractivity contribution in [3.63, 3.8) is 0 Å². The minimum atomic E-state index is 0.0227. The summed E-state index contributed by atoms with van der Waals surface area (Å²) in [6, 6.07) is 3.43. The molecule has 0 aromatic carbocycles. The first-order valence-corrected chi connectivity index (χ1v) is 5.97. The van der Waals surface area contributed by atoms with Gasteiger partial charge >= 0.3 is 0 Å². The molecular weight excluding hydrogens is 242 g/mol. The van der Waals surface area contributed by atoms with Crippen LogP contribution in [0.25, 0.3) is 11.6 Å². The van der Waals surface area contributed by atoms with E-state index in [0.29, 0.717) is 29.3 Å². The molecule has 0 atom stereocenters. The Labute approximate surface area is 103 Å². The highest BCUT2D eigenvalue weighted by Gasteiger charge is 2.29. The minimum absolute atomic E-state index is 0.0227. The molecule has 0 aliphatic heterocycles. The summed E-state index contributed by atoms with van der Waals surface area (Å²) >= 11 is 5.75. The molecular formula is C11H12ClN3O2. The maximum Gasteiger partial charge on any atom is 0.194 e. The van der Waals surface area contributed by atoms with Crippen LogP contribution in [0.4, 0.5) is 0 Å². The van der Waals surface area contributed by atoms with Crippen LogP contribution in [-0.2, 0) is 6.54 Å². The van der Waals surface area contributed by atoms with Gasteiger partial charge in [0.1, 0.15) is 0 Å². The molecule has 0 amide bonds. The highest BCUT2D eigenvalue weighted by molar-refractivity contribution is 6.28. The maximum atomic E-state index is 9.01. The van der Waals surface area contributed by atoms with Gasteiger partial charge in [-0.15, -0.1) is 0 Å². The topological polar surface area (TPSA) is 64.1 Å². The second-order valence-electron chi connectivity index (χ2n) is 4.12. The van der Waals surface area contributed by atoms with Crippen LogP contribution < -0.4 is 0 Å². The third kappa shape index (κ3) is 2.08. The van der Waals surface area contributed by atoms with Crippen molar-refractivity contribution in [2.24, 2.45) is 0 Å². The van der Waals surface area contributed by atoms with E-state index in [4.69, 9.17) is 21.1 Å². The van der Waals surface area contributed by atoms with Crippen LogP contribution in [0.5, 0.6) is 0 Å².